The fraction of sp³-hybridized carbons (Fsp3) is 0.345. The first-order chi connectivity index (χ1) is 18.5. The summed E-state index contributed by atoms with van der Waals surface area (Å²) in [6.45, 7) is 2.91. The lowest BCUT2D eigenvalue weighted by Crippen LogP contribution is -2.52. The fourth-order valence-corrected chi connectivity index (χ4v) is 5.97. The van der Waals surface area contributed by atoms with Crippen LogP contribution in [-0.2, 0) is 0 Å². The number of hydrogen-bond acceptors (Lipinski definition) is 8. The van der Waals surface area contributed by atoms with Crippen LogP contribution in [0.4, 0.5) is 10.2 Å². The van der Waals surface area contributed by atoms with Crippen LogP contribution >= 0.6 is 0 Å². The maximum Gasteiger partial charge on any atom is 0.319 e. The van der Waals surface area contributed by atoms with Crippen molar-refractivity contribution in [2.24, 2.45) is 0 Å². The standard InChI is InChI=1S/C29H29FN6O2/c1-35-10-4-6-20(35)16-38-29-33-27-24(28(34-29)36-14-18-8-9-19(15-36)32-18)13-31-26(25(27)30)23-12-21(37)11-17-5-2-3-7-22(17)23/h2-3,5,7-9,11-13,18-20,32,37H,4,6,10,14-16H2,1H3/t18?,19?,20-/m0/s1. The molecule has 2 bridgehead atoms. The predicted molar refractivity (Wildman–Crippen MR) is 145 cm³/mol. The van der Waals surface area contributed by atoms with Crippen molar-refractivity contribution in [2.75, 3.05) is 38.2 Å². The molecule has 5 heterocycles. The highest BCUT2D eigenvalue weighted by molar-refractivity contribution is 5.99. The molecule has 194 valence electrons. The molecular weight excluding hydrogens is 483 g/mol. The molecule has 0 spiro atoms. The van der Waals surface area contributed by atoms with E-state index in [1.54, 1.807) is 18.3 Å². The summed E-state index contributed by atoms with van der Waals surface area (Å²) >= 11 is 0. The number of piperazine rings is 1. The van der Waals surface area contributed by atoms with Crippen LogP contribution < -0.4 is 15.0 Å². The number of benzene rings is 2. The van der Waals surface area contributed by atoms with E-state index in [4.69, 9.17) is 9.72 Å². The van der Waals surface area contributed by atoms with Crippen molar-refractivity contribution in [3.8, 4) is 23.0 Å². The molecule has 2 aromatic carbocycles. The van der Waals surface area contributed by atoms with Gasteiger partial charge >= 0.3 is 6.01 Å². The zero-order valence-corrected chi connectivity index (χ0v) is 21.1. The minimum Gasteiger partial charge on any atom is -0.508 e. The normalized spacial score (nSPS) is 23.1. The van der Waals surface area contributed by atoms with Crippen LogP contribution in [0.3, 0.4) is 0 Å². The van der Waals surface area contributed by atoms with E-state index in [0.717, 1.165) is 30.2 Å². The summed E-state index contributed by atoms with van der Waals surface area (Å²) in [7, 11) is 2.09. The second kappa shape index (κ2) is 9.18. The molecule has 2 N–H and O–H groups in total. The predicted octanol–water partition coefficient (Wildman–Crippen LogP) is 3.88. The zero-order chi connectivity index (χ0) is 25.8. The summed E-state index contributed by atoms with van der Waals surface area (Å²) in [6.07, 6.45) is 8.17. The number of anilines is 1. The lowest BCUT2D eigenvalue weighted by Gasteiger charge is -2.34. The third-order valence-corrected chi connectivity index (χ3v) is 7.96. The first kappa shape index (κ1) is 23.3. The Kier molecular flexibility index (Phi) is 5.63. The van der Waals surface area contributed by atoms with Crippen LogP contribution in [0.15, 0.2) is 54.7 Å². The molecular formula is C29H29FN6O2. The number of phenols is 1. The molecule has 0 amide bonds. The Morgan fingerprint density at radius 2 is 1.92 bits per heavy atom. The molecule has 2 unspecified atom stereocenters. The van der Waals surface area contributed by atoms with E-state index in [2.05, 4.69) is 44.3 Å². The van der Waals surface area contributed by atoms with Crippen LogP contribution in [0, 0.1) is 5.82 Å². The minimum atomic E-state index is -0.555. The highest BCUT2D eigenvalue weighted by atomic mass is 19.1. The maximum atomic E-state index is 16.4. The second-order valence-corrected chi connectivity index (χ2v) is 10.5. The number of likely N-dealkylation sites (tertiary alicyclic amines) is 1. The number of aromatic hydroxyl groups is 1. The molecule has 2 saturated heterocycles. The molecule has 8 nitrogen and oxygen atoms in total. The lowest BCUT2D eigenvalue weighted by molar-refractivity contribution is 0.188. The highest BCUT2D eigenvalue weighted by Crippen LogP contribution is 2.37. The molecule has 0 radical (unpaired) electrons. The largest absolute Gasteiger partial charge is 0.508 e. The smallest absolute Gasteiger partial charge is 0.319 e. The SMILES string of the molecule is CN1CCC[C@H]1COc1nc(N2CC3C=CC(C2)N3)c2cnc(-c3cc(O)cc4ccccc34)c(F)c2n1. The van der Waals surface area contributed by atoms with Crippen molar-refractivity contribution in [1.29, 1.82) is 0 Å². The number of phenolic OH excluding ortho intramolecular Hbond substituents is 1. The molecule has 0 aliphatic carbocycles. The Labute approximate surface area is 219 Å². The Bertz CT molecular complexity index is 1560. The number of aromatic nitrogens is 3. The summed E-state index contributed by atoms with van der Waals surface area (Å²) in [4.78, 5) is 18.3. The van der Waals surface area contributed by atoms with E-state index < -0.39 is 5.82 Å². The van der Waals surface area contributed by atoms with Gasteiger partial charge in [-0.2, -0.15) is 9.97 Å². The zero-order valence-electron chi connectivity index (χ0n) is 21.1. The number of pyridine rings is 1. The van der Waals surface area contributed by atoms with Gasteiger partial charge in [-0.1, -0.05) is 36.4 Å². The van der Waals surface area contributed by atoms with Gasteiger partial charge in [0.15, 0.2) is 5.82 Å². The average molecular weight is 513 g/mol. The molecule has 38 heavy (non-hydrogen) atoms. The van der Waals surface area contributed by atoms with Crippen LogP contribution in [-0.4, -0.2) is 76.4 Å². The van der Waals surface area contributed by atoms with Gasteiger partial charge in [0.25, 0.3) is 0 Å². The van der Waals surface area contributed by atoms with E-state index in [1.165, 1.54) is 0 Å². The van der Waals surface area contributed by atoms with E-state index >= 15 is 4.39 Å². The number of hydrogen-bond donors (Lipinski definition) is 2. The van der Waals surface area contributed by atoms with E-state index in [9.17, 15) is 5.11 Å². The molecule has 3 atom stereocenters. The second-order valence-electron chi connectivity index (χ2n) is 10.5. The van der Waals surface area contributed by atoms with Crippen LogP contribution in [0.2, 0.25) is 0 Å². The van der Waals surface area contributed by atoms with Crippen LogP contribution in [0.1, 0.15) is 12.8 Å². The molecule has 3 aliphatic heterocycles. The van der Waals surface area contributed by atoms with Crippen molar-refractivity contribution in [1.82, 2.24) is 25.2 Å². The number of likely N-dealkylation sites (N-methyl/N-ethyl adjacent to an activating group) is 1. The Morgan fingerprint density at radius 3 is 2.71 bits per heavy atom. The quantitative estimate of drug-likeness (QED) is 0.390. The fourth-order valence-electron chi connectivity index (χ4n) is 5.97. The van der Waals surface area contributed by atoms with E-state index in [0.29, 0.717) is 36.5 Å². The Balaban J connectivity index is 1.36. The molecule has 9 heteroatoms. The van der Waals surface area contributed by atoms with Gasteiger partial charge in [-0.15, -0.1) is 0 Å². The Morgan fingerprint density at radius 1 is 1.11 bits per heavy atom. The first-order valence-electron chi connectivity index (χ1n) is 13.1. The number of halogens is 1. The van der Waals surface area contributed by atoms with Crippen molar-refractivity contribution in [2.45, 2.75) is 31.0 Å². The number of nitrogens with one attached hydrogen (secondary N) is 1. The van der Waals surface area contributed by atoms with Gasteiger partial charge in [-0.05, 0) is 49.3 Å². The molecule has 2 aromatic heterocycles. The molecule has 0 saturated carbocycles. The number of rotatable bonds is 5. The van der Waals surface area contributed by atoms with Gasteiger partial charge in [-0.25, -0.2) is 4.39 Å². The minimum absolute atomic E-state index is 0.0527. The first-order valence-corrected chi connectivity index (χ1v) is 13.1. The molecule has 4 aromatic rings. The topological polar surface area (TPSA) is 86.6 Å². The van der Waals surface area contributed by atoms with Gasteiger partial charge in [0.2, 0.25) is 0 Å². The van der Waals surface area contributed by atoms with Gasteiger partial charge in [0.1, 0.15) is 29.4 Å². The molecule has 2 fully saturated rings. The lowest BCUT2D eigenvalue weighted by atomic mass is 10.00. The number of nitrogens with zero attached hydrogens (tertiary/aromatic N) is 5. The van der Waals surface area contributed by atoms with Gasteiger partial charge < -0.3 is 25.0 Å². The molecule has 7 rings (SSSR count). The summed E-state index contributed by atoms with van der Waals surface area (Å²) in [5.74, 6) is 0.126. The van der Waals surface area contributed by atoms with Crippen molar-refractivity contribution in [3.05, 3.63) is 60.6 Å². The van der Waals surface area contributed by atoms with Crippen molar-refractivity contribution < 1.29 is 14.2 Å². The van der Waals surface area contributed by atoms with Crippen molar-refractivity contribution in [3.63, 3.8) is 0 Å². The average Bonchev–Trinajstić information content (AvgIpc) is 3.50. The number of ether oxygens (including phenoxy) is 1. The Hall–Kier alpha value is -3.82. The van der Waals surface area contributed by atoms with E-state index in [1.807, 2.05) is 24.3 Å². The van der Waals surface area contributed by atoms with Gasteiger partial charge in [0.05, 0.1) is 5.39 Å². The van der Waals surface area contributed by atoms with Gasteiger partial charge in [0, 0.05) is 43.0 Å². The third-order valence-electron chi connectivity index (χ3n) is 7.96. The summed E-state index contributed by atoms with van der Waals surface area (Å²) in [5, 5.41) is 16.1. The molecule has 3 aliphatic rings. The van der Waals surface area contributed by atoms with Gasteiger partial charge in [-0.3, -0.25) is 4.98 Å². The van der Waals surface area contributed by atoms with Crippen LogP contribution in [0.25, 0.3) is 32.9 Å². The highest BCUT2D eigenvalue weighted by Gasteiger charge is 2.31. The summed E-state index contributed by atoms with van der Waals surface area (Å²) in [6, 6.07) is 11.7. The maximum absolute atomic E-state index is 16.4. The number of fused-ring (bicyclic) bond motifs is 4. The van der Waals surface area contributed by atoms with Crippen LogP contribution in [0.5, 0.6) is 11.8 Å². The van der Waals surface area contributed by atoms with E-state index in [-0.39, 0.29) is 41.1 Å². The summed E-state index contributed by atoms with van der Waals surface area (Å²) < 4.78 is 22.5. The summed E-state index contributed by atoms with van der Waals surface area (Å²) in [5.41, 5.74) is 0.818. The monoisotopic (exact) mass is 512 g/mol. The van der Waals surface area contributed by atoms with Crippen molar-refractivity contribution >= 4 is 27.5 Å². The third kappa shape index (κ3) is 4.02.